The van der Waals surface area contributed by atoms with Crippen molar-refractivity contribution >= 4 is 16.6 Å². The maximum Gasteiger partial charge on any atom is 0.128 e. The van der Waals surface area contributed by atoms with Crippen molar-refractivity contribution in [3.8, 4) is 5.75 Å². The number of aliphatic hydroxyl groups excluding tert-OH is 1. The molecule has 7 nitrogen and oxygen atoms in total. The van der Waals surface area contributed by atoms with Crippen LogP contribution in [0.4, 0.5) is 14.5 Å². The zero-order valence-electron chi connectivity index (χ0n) is 24.0. The molecule has 9 heteroatoms. The molecule has 2 aromatic carbocycles. The van der Waals surface area contributed by atoms with E-state index in [1.807, 2.05) is 18.3 Å². The number of methoxy groups -OCH3 is 1. The molecule has 2 N–H and O–H groups in total. The number of nitrogens with zero attached hydrogens (tertiary/aromatic N) is 3. The lowest BCUT2D eigenvalue weighted by atomic mass is 9.75. The van der Waals surface area contributed by atoms with Crippen molar-refractivity contribution in [1.29, 1.82) is 0 Å². The highest BCUT2D eigenvalue weighted by Crippen LogP contribution is 2.37. The van der Waals surface area contributed by atoms with Crippen molar-refractivity contribution in [3.05, 3.63) is 65.4 Å². The van der Waals surface area contributed by atoms with Gasteiger partial charge in [-0.25, -0.2) is 8.78 Å². The van der Waals surface area contributed by atoms with Crippen LogP contribution in [0.5, 0.6) is 5.75 Å². The Morgan fingerprint density at radius 2 is 1.78 bits per heavy atom. The number of halogens is 2. The van der Waals surface area contributed by atoms with Crippen molar-refractivity contribution in [3.63, 3.8) is 0 Å². The van der Waals surface area contributed by atoms with E-state index in [0.717, 1.165) is 107 Å². The molecule has 0 saturated carbocycles. The molecule has 3 heterocycles. The molecule has 41 heavy (non-hydrogen) atoms. The van der Waals surface area contributed by atoms with Crippen LogP contribution in [0.3, 0.4) is 0 Å². The highest BCUT2D eigenvalue weighted by Gasteiger charge is 2.33. The van der Waals surface area contributed by atoms with Gasteiger partial charge in [0.25, 0.3) is 0 Å². The Labute approximate surface area is 241 Å². The molecule has 3 aromatic rings. The molecule has 5 rings (SSSR count). The number of likely N-dealkylation sites (tertiary alicyclic amines) is 1. The molecule has 0 atom stereocenters. The summed E-state index contributed by atoms with van der Waals surface area (Å²) in [5, 5.41) is 14.7. The molecule has 0 bridgehead atoms. The van der Waals surface area contributed by atoms with E-state index in [0.29, 0.717) is 12.2 Å². The van der Waals surface area contributed by atoms with Crippen LogP contribution in [0.2, 0.25) is 0 Å². The molecule has 2 aliphatic heterocycles. The van der Waals surface area contributed by atoms with Gasteiger partial charge in [0.1, 0.15) is 17.4 Å². The summed E-state index contributed by atoms with van der Waals surface area (Å²) in [5.41, 5.74) is 3.93. The predicted octanol–water partition coefficient (Wildman–Crippen LogP) is 4.86. The van der Waals surface area contributed by atoms with Gasteiger partial charge >= 0.3 is 0 Å². The number of pyridine rings is 1. The number of piperidine rings is 1. The Kier molecular flexibility index (Phi) is 10.0. The van der Waals surface area contributed by atoms with Crippen LogP contribution < -0.4 is 10.1 Å². The maximum absolute atomic E-state index is 13.5. The largest absolute Gasteiger partial charge is 0.497 e. The highest BCUT2D eigenvalue weighted by molar-refractivity contribution is 5.84. The molecule has 222 valence electrons. The van der Waals surface area contributed by atoms with Crippen molar-refractivity contribution < 1.29 is 23.4 Å². The number of aliphatic hydroxyl groups is 1. The SMILES string of the molecule is COc1ccc2ncc(CN3CCOCC3)c(CCCC3(CO)CCN(CCNc4cc(F)cc(F)c4)CC3)c2c1. The van der Waals surface area contributed by atoms with E-state index in [1.54, 1.807) is 7.11 Å². The number of morpholine rings is 1. The van der Waals surface area contributed by atoms with E-state index in [4.69, 9.17) is 14.5 Å². The van der Waals surface area contributed by atoms with Gasteiger partial charge in [-0.3, -0.25) is 9.88 Å². The first kappa shape index (κ1) is 29.6. The lowest BCUT2D eigenvalue weighted by molar-refractivity contribution is 0.0338. The zero-order valence-corrected chi connectivity index (χ0v) is 24.0. The molecule has 0 spiro atoms. The average Bonchev–Trinajstić information content (AvgIpc) is 2.98. The Hall–Kier alpha value is -2.85. The third-order valence-corrected chi connectivity index (χ3v) is 8.78. The summed E-state index contributed by atoms with van der Waals surface area (Å²) in [6.45, 7) is 7.62. The van der Waals surface area contributed by atoms with Crippen LogP contribution in [0.25, 0.3) is 10.9 Å². The second-order valence-electron chi connectivity index (χ2n) is 11.5. The number of ether oxygens (including phenoxy) is 2. The second-order valence-corrected chi connectivity index (χ2v) is 11.5. The van der Waals surface area contributed by atoms with Crippen LogP contribution in [0.15, 0.2) is 42.6 Å². The molecule has 0 radical (unpaired) electrons. The summed E-state index contributed by atoms with van der Waals surface area (Å²) < 4.78 is 38.0. The van der Waals surface area contributed by atoms with Gasteiger partial charge in [-0.15, -0.1) is 0 Å². The van der Waals surface area contributed by atoms with Gasteiger partial charge < -0.3 is 24.8 Å². The van der Waals surface area contributed by atoms with Crippen molar-refractivity contribution in [2.24, 2.45) is 5.41 Å². The summed E-state index contributed by atoms with van der Waals surface area (Å²) in [6.07, 6.45) is 6.77. The third kappa shape index (κ3) is 7.71. The van der Waals surface area contributed by atoms with Gasteiger partial charge in [-0.1, -0.05) is 0 Å². The molecule has 2 fully saturated rings. The first-order valence-corrected chi connectivity index (χ1v) is 14.7. The number of hydrogen-bond acceptors (Lipinski definition) is 7. The lowest BCUT2D eigenvalue weighted by Gasteiger charge is -2.41. The number of anilines is 1. The monoisotopic (exact) mass is 568 g/mol. The number of hydrogen-bond donors (Lipinski definition) is 2. The summed E-state index contributed by atoms with van der Waals surface area (Å²) >= 11 is 0. The summed E-state index contributed by atoms with van der Waals surface area (Å²) in [7, 11) is 1.70. The molecule has 1 aromatic heterocycles. The fourth-order valence-corrected chi connectivity index (χ4v) is 6.22. The van der Waals surface area contributed by atoms with Crippen LogP contribution in [0.1, 0.15) is 36.8 Å². The number of aromatic nitrogens is 1. The van der Waals surface area contributed by atoms with Crippen molar-refractivity contribution in [2.45, 2.75) is 38.6 Å². The minimum Gasteiger partial charge on any atom is -0.497 e. The van der Waals surface area contributed by atoms with Crippen LogP contribution >= 0.6 is 0 Å². The number of fused-ring (bicyclic) bond motifs is 1. The van der Waals surface area contributed by atoms with Gasteiger partial charge in [0.05, 0.1) is 25.8 Å². The van der Waals surface area contributed by atoms with Crippen molar-refractivity contribution in [2.75, 3.05) is 71.5 Å². The van der Waals surface area contributed by atoms with Crippen LogP contribution in [-0.4, -0.2) is 86.1 Å². The summed E-state index contributed by atoms with van der Waals surface area (Å²) in [4.78, 5) is 9.56. The van der Waals surface area contributed by atoms with Crippen LogP contribution in [-0.2, 0) is 17.7 Å². The normalized spacial score (nSPS) is 18.0. The lowest BCUT2D eigenvalue weighted by Crippen LogP contribution is -2.43. The smallest absolute Gasteiger partial charge is 0.128 e. The summed E-state index contributed by atoms with van der Waals surface area (Å²) in [5.74, 6) is -0.323. The number of nitrogens with one attached hydrogen (secondary N) is 1. The molecule has 2 saturated heterocycles. The molecule has 0 unspecified atom stereocenters. The molecular formula is C32H42F2N4O3. The average molecular weight is 569 g/mol. The Bertz CT molecular complexity index is 1270. The molecule has 2 aliphatic rings. The van der Waals surface area contributed by atoms with Crippen LogP contribution in [0, 0.1) is 17.0 Å². The van der Waals surface area contributed by atoms with Gasteiger partial charge in [-0.2, -0.15) is 0 Å². The maximum atomic E-state index is 13.5. The first-order valence-electron chi connectivity index (χ1n) is 14.7. The standard InChI is InChI=1S/C32H42F2N4O3/c1-40-28-4-5-31-30(20-28)29(24(21-36-31)22-38-13-15-41-16-14-38)3-2-6-32(23-39)7-10-37(11-8-32)12-9-35-27-18-25(33)17-26(34)19-27/h4-5,17-21,35,39H,2-3,6-16,22-23H2,1H3. The van der Waals surface area contributed by atoms with E-state index in [1.165, 1.54) is 23.3 Å². The fraction of sp³-hybridized carbons (Fsp3) is 0.531. The predicted molar refractivity (Wildman–Crippen MR) is 157 cm³/mol. The Morgan fingerprint density at radius 3 is 2.49 bits per heavy atom. The van der Waals surface area contributed by atoms with E-state index in [-0.39, 0.29) is 12.0 Å². The number of benzene rings is 2. The van der Waals surface area contributed by atoms with E-state index in [9.17, 15) is 13.9 Å². The van der Waals surface area contributed by atoms with Gasteiger partial charge in [0, 0.05) is 62.7 Å². The van der Waals surface area contributed by atoms with E-state index in [2.05, 4.69) is 21.2 Å². The van der Waals surface area contributed by atoms with Gasteiger partial charge in [0.15, 0.2) is 0 Å². The van der Waals surface area contributed by atoms with Gasteiger partial charge in [-0.05, 0) is 92.1 Å². The third-order valence-electron chi connectivity index (χ3n) is 8.78. The number of rotatable bonds is 12. The van der Waals surface area contributed by atoms with Crippen molar-refractivity contribution in [1.82, 2.24) is 14.8 Å². The Morgan fingerprint density at radius 1 is 1.02 bits per heavy atom. The number of aryl methyl sites for hydroxylation is 1. The fourth-order valence-electron chi connectivity index (χ4n) is 6.22. The van der Waals surface area contributed by atoms with E-state index < -0.39 is 11.6 Å². The molecular weight excluding hydrogens is 526 g/mol. The van der Waals surface area contributed by atoms with E-state index >= 15 is 0 Å². The highest BCUT2D eigenvalue weighted by atomic mass is 19.1. The van der Waals surface area contributed by atoms with Gasteiger partial charge in [0.2, 0.25) is 0 Å². The molecule has 0 aliphatic carbocycles. The Balaban J connectivity index is 1.19. The topological polar surface area (TPSA) is 70.1 Å². The zero-order chi connectivity index (χ0) is 28.7. The molecule has 0 amide bonds. The second kappa shape index (κ2) is 13.9. The quantitative estimate of drug-likeness (QED) is 0.323. The minimum atomic E-state index is -0.578. The minimum absolute atomic E-state index is 0.0828. The first-order chi connectivity index (χ1) is 20.0. The summed E-state index contributed by atoms with van der Waals surface area (Å²) in [6, 6.07) is 9.59.